The highest BCUT2D eigenvalue weighted by atomic mass is 32.2. The number of carbonyl (C=O) groups excluding carboxylic acids is 1. The van der Waals surface area contributed by atoms with E-state index in [1.165, 1.54) is 22.9 Å². The van der Waals surface area contributed by atoms with E-state index in [4.69, 9.17) is 5.10 Å². The minimum atomic E-state index is -0.0746. The van der Waals surface area contributed by atoms with Crippen molar-refractivity contribution >= 4 is 29.5 Å². The lowest BCUT2D eigenvalue weighted by Crippen LogP contribution is -2.32. The Kier molecular flexibility index (Phi) is 6.63. The average molecular weight is 472 g/mol. The monoisotopic (exact) mass is 471 g/mol. The van der Waals surface area contributed by atoms with Gasteiger partial charge in [-0.05, 0) is 42.0 Å². The van der Waals surface area contributed by atoms with Gasteiger partial charge in [-0.25, -0.2) is 5.01 Å². The van der Waals surface area contributed by atoms with Crippen molar-refractivity contribution in [3.8, 4) is 0 Å². The molecule has 0 N–H and O–H groups in total. The molecule has 2 heterocycles. The molecule has 2 aliphatic rings. The Morgan fingerprint density at radius 2 is 1.82 bits per heavy atom. The van der Waals surface area contributed by atoms with Gasteiger partial charge in [0.05, 0.1) is 17.5 Å². The number of rotatable bonds is 6. The Morgan fingerprint density at radius 1 is 1.09 bits per heavy atom. The number of hydrogen-bond acceptors (Lipinski definition) is 5. The van der Waals surface area contributed by atoms with Gasteiger partial charge >= 0.3 is 0 Å². The van der Waals surface area contributed by atoms with E-state index in [0.717, 1.165) is 47.9 Å². The lowest BCUT2D eigenvalue weighted by atomic mass is 9.77. The van der Waals surface area contributed by atoms with Gasteiger partial charge in [0.1, 0.15) is 5.82 Å². The Hall–Kier alpha value is -3.19. The Morgan fingerprint density at radius 3 is 2.53 bits per heavy atom. The molecule has 174 valence electrons. The molecule has 1 aromatic heterocycles. The lowest BCUT2D eigenvalue weighted by molar-refractivity contribution is -0.130. The smallest absolute Gasteiger partial charge is 0.253 e. The van der Waals surface area contributed by atoms with Crippen LogP contribution in [0.5, 0.6) is 0 Å². The number of aromatic nitrogens is 3. The van der Waals surface area contributed by atoms with Gasteiger partial charge in [0.15, 0.2) is 5.16 Å². The predicted octanol–water partition coefficient (Wildman–Crippen LogP) is 5.29. The molecule has 0 radical (unpaired) electrons. The number of aryl methyl sites for hydroxylation is 1. The highest BCUT2D eigenvalue weighted by Gasteiger charge is 2.43. The molecule has 1 aliphatic carbocycles. The summed E-state index contributed by atoms with van der Waals surface area (Å²) < 4.78 is 1.96. The van der Waals surface area contributed by atoms with Gasteiger partial charge in [-0.3, -0.25) is 4.79 Å². The third kappa shape index (κ3) is 4.44. The molecule has 0 spiro atoms. The van der Waals surface area contributed by atoms with Gasteiger partial charge < -0.3 is 4.57 Å². The maximum absolute atomic E-state index is 13.5. The number of benzene rings is 2. The van der Waals surface area contributed by atoms with Gasteiger partial charge in [0.25, 0.3) is 5.91 Å². The highest BCUT2D eigenvalue weighted by Crippen LogP contribution is 2.44. The maximum Gasteiger partial charge on any atom is 0.253 e. The van der Waals surface area contributed by atoms with E-state index in [0.29, 0.717) is 0 Å². The molecule has 34 heavy (non-hydrogen) atoms. The molecule has 1 fully saturated rings. The SMILES string of the molecule is CCc1nnc(SCC(=O)N2N=C3/C(=C\c4ccccc4)CCCC3C2c2ccccc2)n1C. The second-order valence-electron chi connectivity index (χ2n) is 8.76. The number of nitrogens with zero attached hydrogens (tertiary/aromatic N) is 5. The highest BCUT2D eigenvalue weighted by molar-refractivity contribution is 7.99. The first-order valence-electron chi connectivity index (χ1n) is 11.9. The van der Waals surface area contributed by atoms with Crippen LogP contribution in [0, 0.1) is 5.92 Å². The summed E-state index contributed by atoms with van der Waals surface area (Å²) in [6.45, 7) is 2.05. The van der Waals surface area contributed by atoms with E-state index in [1.807, 2.05) is 35.9 Å². The quantitative estimate of drug-likeness (QED) is 0.458. The Labute approximate surface area is 204 Å². The van der Waals surface area contributed by atoms with Gasteiger partial charge in [0.2, 0.25) is 0 Å². The van der Waals surface area contributed by atoms with Crippen molar-refractivity contribution in [3.63, 3.8) is 0 Å². The minimum Gasteiger partial charge on any atom is -0.309 e. The fourth-order valence-electron chi connectivity index (χ4n) is 4.91. The van der Waals surface area contributed by atoms with E-state index in [-0.39, 0.29) is 23.6 Å². The zero-order valence-corrected chi connectivity index (χ0v) is 20.4. The molecular weight excluding hydrogens is 442 g/mol. The van der Waals surface area contributed by atoms with E-state index in [1.54, 1.807) is 5.01 Å². The summed E-state index contributed by atoms with van der Waals surface area (Å²) in [7, 11) is 1.95. The van der Waals surface area contributed by atoms with Crippen molar-refractivity contribution < 1.29 is 4.79 Å². The average Bonchev–Trinajstić information content (AvgIpc) is 3.44. The molecule has 0 saturated heterocycles. The molecule has 5 rings (SSSR count). The molecule has 2 aromatic carbocycles. The van der Waals surface area contributed by atoms with Crippen LogP contribution < -0.4 is 0 Å². The summed E-state index contributed by atoms with van der Waals surface area (Å²) in [5.41, 5.74) is 4.62. The fraction of sp³-hybridized carbons (Fsp3) is 0.333. The zero-order chi connectivity index (χ0) is 23.5. The molecule has 2 atom stereocenters. The van der Waals surface area contributed by atoms with Gasteiger partial charge in [-0.15, -0.1) is 10.2 Å². The topological polar surface area (TPSA) is 63.4 Å². The van der Waals surface area contributed by atoms with Gasteiger partial charge in [0, 0.05) is 19.4 Å². The summed E-state index contributed by atoms with van der Waals surface area (Å²) in [4.78, 5) is 13.5. The molecule has 7 heteroatoms. The van der Waals surface area contributed by atoms with Crippen molar-refractivity contribution in [2.24, 2.45) is 18.1 Å². The van der Waals surface area contributed by atoms with Crippen LogP contribution >= 0.6 is 11.8 Å². The summed E-state index contributed by atoms with van der Waals surface area (Å²) in [5.74, 6) is 1.41. The first-order valence-corrected chi connectivity index (χ1v) is 12.9. The van der Waals surface area contributed by atoms with Crippen molar-refractivity contribution in [3.05, 3.63) is 83.2 Å². The van der Waals surface area contributed by atoms with Crippen LogP contribution in [-0.4, -0.2) is 37.1 Å². The van der Waals surface area contributed by atoms with Crippen LogP contribution in [0.2, 0.25) is 0 Å². The standard InChI is InChI=1S/C27H29N5OS/c1-3-23-28-29-27(31(23)2)34-18-24(33)32-26(20-13-8-5-9-14-20)22-16-10-15-21(25(22)30-32)17-19-11-6-4-7-12-19/h4-9,11-14,17,22,26H,3,10,15-16,18H2,1-2H3/b21-17-. The van der Waals surface area contributed by atoms with Crippen molar-refractivity contribution in [1.82, 2.24) is 19.8 Å². The predicted molar refractivity (Wildman–Crippen MR) is 136 cm³/mol. The number of allylic oxidation sites excluding steroid dienone is 1. The second kappa shape index (κ2) is 9.97. The summed E-state index contributed by atoms with van der Waals surface area (Å²) >= 11 is 1.43. The van der Waals surface area contributed by atoms with E-state index >= 15 is 0 Å². The van der Waals surface area contributed by atoms with Crippen LogP contribution in [0.3, 0.4) is 0 Å². The number of amides is 1. The van der Waals surface area contributed by atoms with Crippen molar-refractivity contribution in [2.45, 2.75) is 43.8 Å². The first-order chi connectivity index (χ1) is 16.7. The number of hydrazone groups is 1. The minimum absolute atomic E-state index is 0.000799. The zero-order valence-electron chi connectivity index (χ0n) is 19.6. The molecule has 6 nitrogen and oxygen atoms in total. The summed E-state index contributed by atoms with van der Waals surface area (Å²) in [6.07, 6.45) is 6.17. The molecular formula is C27H29N5OS. The second-order valence-corrected chi connectivity index (χ2v) is 9.70. The number of hydrogen-bond donors (Lipinski definition) is 0. The number of carbonyl (C=O) groups is 1. The van der Waals surface area contributed by atoms with E-state index in [9.17, 15) is 4.79 Å². The lowest BCUT2D eigenvalue weighted by Gasteiger charge is -2.29. The molecule has 1 saturated carbocycles. The largest absolute Gasteiger partial charge is 0.309 e. The van der Waals surface area contributed by atoms with Gasteiger partial charge in [-0.2, -0.15) is 5.10 Å². The van der Waals surface area contributed by atoms with Crippen LogP contribution in [0.25, 0.3) is 6.08 Å². The molecule has 2 unspecified atom stereocenters. The van der Waals surface area contributed by atoms with Gasteiger partial charge in [-0.1, -0.05) is 79.3 Å². The molecule has 1 amide bonds. The van der Waals surface area contributed by atoms with Crippen LogP contribution in [-0.2, 0) is 18.3 Å². The van der Waals surface area contributed by atoms with E-state index < -0.39 is 0 Å². The maximum atomic E-state index is 13.5. The molecule has 3 aromatic rings. The summed E-state index contributed by atoms with van der Waals surface area (Å²) in [5, 5.41) is 15.9. The van der Waals surface area contributed by atoms with Crippen molar-refractivity contribution in [2.75, 3.05) is 5.75 Å². The third-order valence-corrected chi connectivity index (χ3v) is 7.61. The number of fused-ring (bicyclic) bond motifs is 1. The summed E-state index contributed by atoms with van der Waals surface area (Å²) in [6, 6.07) is 20.6. The van der Waals surface area contributed by atoms with Crippen LogP contribution in [0.15, 0.2) is 76.5 Å². The Balaban J connectivity index is 1.45. The number of thioether (sulfide) groups is 1. The normalized spacial score (nSPS) is 20.9. The first kappa shape index (κ1) is 22.6. The molecule has 0 bridgehead atoms. The van der Waals surface area contributed by atoms with Crippen LogP contribution in [0.4, 0.5) is 0 Å². The fourth-order valence-corrected chi connectivity index (χ4v) is 5.69. The van der Waals surface area contributed by atoms with E-state index in [2.05, 4.69) is 59.6 Å². The molecule has 1 aliphatic heterocycles. The van der Waals surface area contributed by atoms with Crippen LogP contribution in [0.1, 0.15) is 49.2 Å². The van der Waals surface area contributed by atoms with Crippen molar-refractivity contribution in [1.29, 1.82) is 0 Å². The third-order valence-electron chi connectivity index (χ3n) is 6.60. The Bertz CT molecular complexity index is 1220.